The van der Waals surface area contributed by atoms with E-state index >= 15 is 0 Å². The Morgan fingerprint density at radius 2 is 1.08 bits per heavy atom. The third kappa shape index (κ3) is 6.49. The Kier molecular flexibility index (Phi) is 8.68. The van der Waals surface area contributed by atoms with Gasteiger partial charge in [0.1, 0.15) is 17.8 Å². The van der Waals surface area contributed by atoms with Gasteiger partial charge in [-0.1, -0.05) is 91.0 Å². The largest absolute Gasteiger partial charge is 0.358 e. The Balaban J connectivity index is 1.79. The lowest BCUT2D eigenvalue weighted by atomic mass is 9.80. The summed E-state index contributed by atoms with van der Waals surface area (Å²) < 4.78 is 76.6. The molecule has 9 nitrogen and oxygen atoms in total. The Morgan fingerprint density at radius 1 is 0.684 bits per heavy atom. The van der Waals surface area contributed by atoms with E-state index in [0.717, 1.165) is 29.2 Å². The van der Waals surface area contributed by atoms with E-state index in [0.29, 0.717) is 0 Å². The van der Waals surface area contributed by atoms with Crippen LogP contribution in [0.25, 0.3) is 0 Å². The molecule has 38 heavy (non-hydrogen) atoms. The number of hydrogen-bond donors (Lipinski definition) is 0. The van der Waals surface area contributed by atoms with Crippen molar-refractivity contribution in [2.24, 2.45) is 0 Å². The highest BCUT2D eigenvalue weighted by atomic mass is 32.2. The van der Waals surface area contributed by atoms with Gasteiger partial charge in [0, 0.05) is 7.11 Å². The molecule has 0 unspecified atom stereocenters. The molecular formula is C27H30O9S2. The van der Waals surface area contributed by atoms with Crippen molar-refractivity contribution in [3.63, 3.8) is 0 Å². The summed E-state index contributed by atoms with van der Waals surface area (Å²) in [5.74, 6) is 0. The van der Waals surface area contributed by atoms with E-state index < -0.39 is 50.4 Å². The van der Waals surface area contributed by atoms with E-state index in [2.05, 4.69) is 0 Å². The second-order valence-corrected chi connectivity index (χ2v) is 12.1. The van der Waals surface area contributed by atoms with Gasteiger partial charge in [0.15, 0.2) is 12.4 Å². The van der Waals surface area contributed by atoms with Gasteiger partial charge in [-0.25, -0.2) is 0 Å². The van der Waals surface area contributed by atoms with Crippen molar-refractivity contribution in [3.8, 4) is 0 Å². The molecule has 0 amide bonds. The zero-order valence-electron chi connectivity index (χ0n) is 21.2. The fourth-order valence-corrected chi connectivity index (χ4v) is 5.85. The zero-order valence-corrected chi connectivity index (χ0v) is 22.8. The van der Waals surface area contributed by atoms with Crippen LogP contribution in [0.5, 0.6) is 0 Å². The molecule has 1 saturated heterocycles. The Bertz CT molecular complexity index is 1300. The van der Waals surface area contributed by atoms with E-state index in [-0.39, 0.29) is 6.61 Å². The van der Waals surface area contributed by atoms with Crippen molar-refractivity contribution in [1.29, 1.82) is 0 Å². The zero-order chi connectivity index (χ0) is 27.4. The van der Waals surface area contributed by atoms with Gasteiger partial charge < -0.3 is 14.2 Å². The predicted molar refractivity (Wildman–Crippen MR) is 140 cm³/mol. The summed E-state index contributed by atoms with van der Waals surface area (Å²) in [6.07, 6.45) is -3.29. The highest BCUT2D eigenvalue weighted by Crippen LogP contribution is 2.41. The van der Waals surface area contributed by atoms with E-state index in [1.54, 1.807) is 0 Å². The van der Waals surface area contributed by atoms with E-state index in [1.165, 1.54) is 7.11 Å². The van der Waals surface area contributed by atoms with Gasteiger partial charge in [0.25, 0.3) is 20.2 Å². The smallest absolute Gasteiger partial charge is 0.264 e. The van der Waals surface area contributed by atoms with Crippen molar-refractivity contribution >= 4 is 20.2 Å². The van der Waals surface area contributed by atoms with Gasteiger partial charge in [-0.15, -0.1) is 0 Å². The first kappa shape index (κ1) is 28.4. The lowest BCUT2D eigenvalue weighted by molar-refractivity contribution is -0.158. The number of methoxy groups -OCH3 is 1. The molecule has 3 aromatic rings. The van der Waals surface area contributed by atoms with Gasteiger partial charge >= 0.3 is 0 Å². The maximum absolute atomic E-state index is 12.1. The molecule has 1 aliphatic rings. The molecule has 0 N–H and O–H groups in total. The molecule has 1 heterocycles. The first-order chi connectivity index (χ1) is 18.0. The van der Waals surface area contributed by atoms with Crippen LogP contribution in [0.4, 0.5) is 0 Å². The third-order valence-electron chi connectivity index (χ3n) is 6.08. The maximum atomic E-state index is 12.1. The summed E-state index contributed by atoms with van der Waals surface area (Å²) >= 11 is 0. The Morgan fingerprint density at radius 3 is 1.45 bits per heavy atom. The molecule has 1 aliphatic heterocycles. The van der Waals surface area contributed by atoms with Gasteiger partial charge in [-0.3, -0.25) is 8.37 Å². The van der Waals surface area contributed by atoms with Crippen molar-refractivity contribution in [3.05, 3.63) is 108 Å². The standard InChI is InChI=1S/C27H30O9S2/c1-32-26-25(36-38(3,30)31)24(35-37(2,28)29)23(34-26)19-33-27(20-13-7-4-8-14-20,21-15-9-5-10-16-21)22-17-11-6-12-18-22/h4-18,23-26H,19H2,1-3H3/t23-,24+,25-,26+/m1/s1. The highest BCUT2D eigenvalue weighted by Gasteiger charge is 2.51. The van der Waals surface area contributed by atoms with Crippen LogP contribution in [-0.2, 0) is 48.4 Å². The van der Waals surface area contributed by atoms with Crippen LogP contribution in [0.1, 0.15) is 16.7 Å². The first-order valence-electron chi connectivity index (χ1n) is 11.8. The van der Waals surface area contributed by atoms with E-state index in [9.17, 15) is 16.8 Å². The normalized spacial score (nSPS) is 22.4. The van der Waals surface area contributed by atoms with Crippen LogP contribution >= 0.6 is 0 Å². The maximum Gasteiger partial charge on any atom is 0.264 e. The molecule has 0 aliphatic carbocycles. The van der Waals surface area contributed by atoms with Crippen LogP contribution < -0.4 is 0 Å². The molecule has 0 aromatic heterocycles. The SMILES string of the molecule is CO[C@H]1O[C@H](COC(c2ccccc2)(c2ccccc2)c2ccccc2)[C@H](OS(C)(=O)=O)[C@H]1OS(C)(=O)=O. The summed E-state index contributed by atoms with van der Waals surface area (Å²) in [5.41, 5.74) is 1.34. The first-order valence-corrected chi connectivity index (χ1v) is 15.4. The average Bonchev–Trinajstić information content (AvgIpc) is 3.19. The highest BCUT2D eigenvalue weighted by molar-refractivity contribution is 7.86. The predicted octanol–water partition coefficient (Wildman–Crippen LogP) is 3.06. The molecule has 0 radical (unpaired) electrons. The Hall–Kier alpha value is -2.64. The number of ether oxygens (including phenoxy) is 3. The van der Waals surface area contributed by atoms with Crippen molar-refractivity contribution in [2.75, 3.05) is 26.2 Å². The second kappa shape index (κ2) is 11.6. The summed E-state index contributed by atoms with van der Waals surface area (Å²) in [6.45, 7) is -0.192. The summed E-state index contributed by atoms with van der Waals surface area (Å²) in [5, 5.41) is 0. The summed E-state index contributed by atoms with van der Waals surface area (Å²) in [4.78, 5) is 0. The molecule has 1 fully saturated rings. The number of benzene rings is 3. The molecule has 204 valence electrons. The van der Waals surface area contributed by atoms with Gasteiger partial charge in [-0.2, -0.15) is 16.8 Å². The van der Waals surface area contributed by atoms with Crippen molar-refractivity contribution in [2.45, 2.75) is 30.2 Å². The van der Waals surface area contributed by atoms with E-state index in [1.807, 2.05) is 91.0 Å². The molecule has 0 bridgehead atoms. The molecule has 3 aromatic carbocycles. The lowest BCUT2D eigenvalue weighted by Crippen LogP contribution is -2.43. The molecule has 4 atom stereocenters. The third-order valence-corrected chi connectivity index (χ3v) is 7.22. The Labute approximate surface area is 223 Å². The molecule has 0 saturated carbocycles. The van der Waals surface area contributed by atoms with Gasteiger partial charge in [0.05, 0.1) is 19.1 Å². The molecule has 11 heteroatoms. The summed E-state index contributed by atoms with van der Waals surface area (Å²) in [6, 6.07) is 28.7. The van der Waals surface area contributed by atoms with Crippen LogP contribution in [0, 0.1) is 0 Å². The monoisotopic (exact) mass is 562 g/mol. The topological polar surface area (TPSA) is 114 Å². The average molecular weight is 563 g/mol. The van der Waals surface area contributed by atoms with Crippen LogP contribution in [0.3, 0.4) is 0 Å². The van der Waals surface area contributed by atoms with Crippen LogP contribution in [-0.4, -0.2) is 67.7 Å². The minimum atomic E-state index is -4.04. The van der Waals surface area contributed by atoms with Gasteiger partial charge in [0.2, 0.25) is 0 Å². The molecular weight excluding hydrogens is 532 g/mol. The summed E-state index contributed by atoms with van der Waals surface area (Å²) in [7, 11) is -6.75. The fourth-order valence-electron chi connectivity index (χ4n) is 4.61. The van der Waals surface area contributed by atoms with E-state index in [4.69, 9.17) is 22.6 Å². The number of rotatable bonds is 11. The molecule has 4 rings (SSSR count). The fraction of sp³-hybridized carbons (Fsp3) is 0.333. The minimum Gasteiger partial charge on any atom is -0.358 e. The van der Waals surface area contributed by atoms with Gasteiger partial charge in [-0.05, 0) is 16.7 Å². The second-order valence-electron chi connectivity index (χ2n) is 8.90. The lowest BCUT2D eigenvalue weighted by Gasteiger charge is -2.37. The van der Waals surface area contributed by atoms with Crippen LogP contribution in [0.2, 0.25) is 0 Å². The van der Waals surface area contributed by atoms with Crippen molar-refractivity contribution < 1.29 is 39.4 Å². The quantitative estimate of drug-likeness (QED) is 0.257. The van der Waals surface area contributed by atoms with Crippen LogP contribution in [0.15, 0.2) is 91.0 Å². The molecule has 0 spiro atoms. The number of hydrogen-bond acceptors (Lipinski definition) is 9. The minimum absolute atomic E-state index is 0.192. The van der Waals surface area contributed by atoms with Crippen molar-refractivity contribution in [1.82, 2.24) is 0 Å².